The molecule has 0 aromatic carbocycles. The summed E-state index contributed by atoms with van der Waals surface area (Å²) in [6, 6.07) is 0.404. The molecule has 2 rings (SSSR count). The maximum Gasteiger partial charge on any atom is 0.183 e. The highest BCUT2D eigenvalue weighted by Gasteiger charge is 2.24. The van der Waals surface area contributed by atoms with Crippen LogP contribution in [0.25, 0.3) is 0 Å². The van der Waals surface area contributed by atoms with Crippen LogP contribution in [0.2, 0.25) is 0 Å². The van der Waals surface area contributed by atoms with E-state index in [0.29, 0.717) is 12.0 Å². The molecular weight excluding hydrogens is 188 g/mol. The van der Waals surface area contributed by atoms with Crippen molar-refractivity contribution in [3.05, 3.63) is 0 Å². The zero-order chi connectivity index (χ0) is 10.7. The maximum absolute atomic E-state index is 5.66. The third kappa shape index (κ3) is 2.94. The van der Waals surface area contributed by atoms with Crippen LogP contribution in [0.4, 0.5) is 0 Å². The Hall–Kier alpha value is -0.570. The largest absolute Gasteiger partial charge is 0.479 e. The van der Waals surface area contributed by atoms with Crippen molar-refractivity contribution in [2.24, 2.45) is 16.8 Å². The molecule has 1 unspecified atom stereocenters. The molecule has 1 atom stereocenters. The summed E-state index contributed by atoms with van der Waals surface area (Å²) >= 11 is 0. The van der Waals surface area contributed by atoms with Gasteiger partial charge < -0.3 is 10.1 Å². The van der Waals surface area contributed by atoms with Crippen LogP contribution in [-0.4, -0.2) is 31.6 Å². The number of piperidine rings is 1. The number of rotatable bonds is 3. The summed E-state index contributed by atoms with van der Waals surface area (Å²) < 4.78 is 5.66. The molecule has 3 nitrogen and oxygen atoms in total. The molecule has 15 heavy (non-hydrogen) atoms. The topological polar surface area (TPSA) is 33.6 Å². The number of ether oxygens (including phenoxy) is 1. The fraction of sp³-hybridized carbons (Fsp3) is 0.917. The number of hydrogen-bond donors (Lipinski definition) is 1. The molecule has 1 N–H and O–H groups in total. The Morgan fingerprint density at radius 3 is 2.73 bits per heavy atom. The van der Waals surface area contributed by atoms with Gasteiger partial charge in [0.2, 0.25) is 0 Å². The van der Waals surface area contributed by atoms with Crippen LogP contribution < -0.4 is 5.32 Å². The van der Waals surface area contributed by atoms with Gasteiger partial charge in [-0.25, -0.2) is 4.99 Å². The monoisotopic (exact) mass is 210 g/mol. The molecule has 0 radical (unpaired) electrons. The van der Waals surface area contributed by atoms with Gasteiger partial charge >= 0.3 is 0 Å². The Bertz CT molecular complexity index is 232. The molecule has 2 aliphatic rings. The Labute approximate surface area is 92.3 Å². The second-order valence-corrected chi connectivity index (χ2v) is 5.04. The minimum atomic E-state index is 0.404. The van der Waals surface area contributed by atoms with Crippen molar-refractivity contribution in [3.63, 3.8) is 0 Å². The van der Waals surface area contributed by atoms with Gasteiger partial charge in [0.25, 0.3) is 0 Å². The van der Waals surface area contributed by atoms with Gasteiger partial charge in [-0.05, 0) is 37.8 Å². The lowest BCUT2D eigenvalue weighted by Crippen LogP contribution is -2.28. The van der Waals surface area contributed by atoms with Crippen molar-refractivity contribution in [3.8, 4) is 0 Å². The summed E-state index contributed by atoms with van der Waals surface area (Å²) in [6.45, 7) is 7.55. The first-order valence-corrected chi connectivity index (χ1v) is 6.16. The lowest BCUT2D eigenvalue weighted by Gasteiger charge is -2.21. The number of aliphatic imine (C=N–C) groups is 1. The van der Waals surface area contributed by atoms with Crippen LogP contribution in [0.3, 0.4) is 0 Å². The first-order valence-electron chi connectivity index (χ1n) is 6.16. The van der Waals surface area contributed by atoms with Crippen molar-refractivity contribution >= 4 is 5.90 Å². The molecule has 2 heterocycles. The quantitative estimate of drug-likeness (QED) is 0.771. The fourth-order valence-corrected chi connectivity index (χ4v) is 2.23. The molecule has 0 saturated carbocycles. The standard InChI is InChI=1S/C12H22N2O/c1-9(2)11-8-15-12(14-11)7-10-3-5-13-6-4-10/h9-11,13H,3-8H2,1-2H3. The van der Waals surface area contributed by atoms with E-state index in [-0.39, 0.29) is 0 Å². The number of nitrogens with one attached hydrogen (secondary N) is 1. The predicted octanol–water partition coefficient (Wildman–Crippen LogP) is 1.83. The number of nitrogens with zero attached hydrogens (tertiary/aromatic N) is 1. The van der Waals surface area contributed by atoms with Crippen LogP contribution in [0, 0.1) is 11.8 Å². The smallest absolute Gasteiger partial charge is 0.183 e. The molecule has 0 amide bonds. The molecule has 1 saturated heterocycles. The van der Waals surface area contributed by atoms with E-state index < -0.39 is 0 Å². The first kappa shape index (κ1) is 10.9. The molecule has 0 aromatic rings. The van der Waals surface area contributed by atoms with Gasteiger partial charge in [0.1, 0.15) is 6.61 Å². The molecule has 3 heteroatoms. The van der Waals surface area contributed by atoms with Crippen molar-refractivity contribution < 1.29 is 4.74 Å². The summed E-state index contributed by atoms with van der Waals surface area (Å²) in [5.74, 6) is 2.41. The third-order valence-corrected chi connectivity index (χ3v) is 3.42. The Balaban J connectivity index is 1.81. The van der Waals surface area contributed by atoms with Crippen molar-refractivity contribution in [1.82, 2.24) is 5.32 Å². The molecule has 1 fully saturated rings. The van der Waals surface area contributed by atoms with Gasteiger partial charge in [0.15, 0.2) is 5.90 Å². The van der Waals surface area contributed by atoms with Crippen LogP contribution in [-0.2, 0) is 4.74 Å². The maximum atomic E-state index is 5.66. The van der Waals surface area contributed by atoms with Crippen LogP contribution in [0.15, 0.2) is 4.99 Å². The van der Waals surface area contributed by atoms with E-state index in [1.54, 1.807) is 0 Å². The predicted molar refractivity (Wildman–Crippen MR) is 62.2 cm³/mol. The fourth-order valence-electron chi connectivity index (χ4n) is 2.23. The second-order valence-electron chi connectivity index (χ2n) is 5.04. The zero-order valence-corrected chi connectivity index (χ0v) is 9.83. The minimum Gasteiger partial charge on any atom is -0.479 e. The van der Waals surface area contributed by atoms with Crippen LogP contribution in [0.5, 0.6) is 0 Å². The first-order chi connectivity index (χ1) is 7.25. The number of hydrogen-bond acceptors (Lipinski definition) is 3. The van der Waals surface area contributed by atoms with Gasteiger partial charge in [0.05, 0.1) is 6.04 Å². The van der Waals surface area contributed by atoms with E-state index in [9.17, 15) is 0 Å². The lowest BCUT2D eigenvalue weighted by atomic mass is 9.95. The molecule has 0 aromatic heterocycles. The summed E-state index contributed by atoms with van der Waals surface area (Å²) in [4.78, 5) is 4.66. The molecular formula is C12H22N2O. The highest BCUT2D eigenvalue weighted by atomic mass is 16.5. The van der Waals surface area contributed by atoms with Crippen LogP contribution in [0.1, 0.15) is 33.1 Å². The molecule has 2 aliphatic heterocycles. The SMILES string of the molecule is CC(C)C1COC(CC2CCNCC2)=N1. The summed E-state index contributed by atoms with van der Waals surface area (Å²) in [7, 11) is 0. The van der Waals surface area contributed by atoms with E-state index in [0.717, 1.165) is 37.9 Å². The Morgan fingerprint density at radius 2 is 2.13 bits per heavy atom. The highest BCUT2D eigenvalue weighted by molar-refractivity contribution is 5.77. The molecule has 0 aliphatic carbocycles. The average molecular weight is 210 g/mol. The Kier molecular flexibility index (Phi) is 3.62. The molecule has 0 spiro atoms. The van der Waals surface area contributed by atoms with E-state index in [4.69, 9.17) is 4.74 Å². The Morgan fingerprint density at radius 1 is 1.40 bits per heavy atom. The molecule has 0 bridgehead atoms. The summed E-state index contributed by atoms with van der Waals surface area (Å²) in [6.07, 6.45) is 3.61. The van der Waals surface area contributed by atoms with Gasteiger partial charge in [0, 0.05) is 6.42 Å². The van der Waals surface area contributed by atoms with Crippen molar-refractivity contribution in [2.45, 2.75) is 39.2 Å². The second kappa shape index (κ2) is 4.97. The molecule has 86 valence electrons. The van der Waals surface area contributed by atoms with Gasteiger partial charge in [-0.2, -0.15) is 0 Å². The van der Waals surface area contributed by atoms with Crippen molar-refractivity contribution in [2.75, 3.05) is 19.7 Å². The van der Waals surface area contributed by atoms with E-state index in [1.165, 1.54) is 12.8 Å². The van der Waals surface area contributed by atoms with Crippen molar-refractivity contribution in [1.29, 1.82) is 0 Å². The van der Waals surface area contributed by atoms with E-state index >= 15 is 0 Å². The van der Waals surface area contributed by atoms with E-state index in [1.807, 2.05) is 0 Å². The summed E-state index contributed by atoms with van der Waals surface area (Å²) in [5.41, 5.74) is 0. The van der Waals surface area contributed by atoms with E-state index in [2.05, 4.69) is 24.2 Å². The highest BCUT2D eigenvalue weighted by Crippen LogP contribution is 2.21. The zero-order valence-electron chi connectivity index (χ0n) is 9.83. The van der Waals surface area contributed by atoms with Crippen LogP contribution >= 0.6 is 0 Å². The third-order valence-electron chi connectivity index (χ3n) is 3.42. The average Bonchev–Trinajstić information content (AvgIpc) is 2.68. The normalized spacial score (nSPS) is 27.9. The summed E-state index contributed by atoms with van der Waals surface area (Å²) in [5, 5.41) is 3.39. The van der Waals surface area contributed by atoms with Gasteiger partial charge in [-0.1, -0.05) is 13.8 Å². The van der Waals surface area contributed by atoms with Gasteiger partial charge in [-0.3, -0.25) is 0 Å². The lowest BCUT2D eigenvalue weighted by molar-refractivity contribution is 0.275. The minimum absolute atomic E-state index is 0.404. The van der Waals surface area contributed by atoms with Gasteiger partial charge in [-0.15, -0.1) is 0 Å².